The second-order valence-electron chi connectivity index (χ2n) is 4.93. The van der Waals surface area contributed by atoms with Gasteiger partial charge in [0.05, 0.1) is 39.5 Å². The van der Waals surface area contributed by atoms with Crippen molar-refractivity contribution in [1.82, 2.24) is 4.73 Å². The van der Waals surface area contributed by atoms with Crippen LogP contribution in [0.15, 0.2) is 24.3 Å². The topological polar surface area (TPSA) is 51.1 Å². The number of fused-ring (bicyclic) bond motifs is 3. The Balaban J connectivity index is 2.46. The summed E-state index contributed by atoms with van der Waals surface area (Å²) in [7, 11) is 8.06. The molecule has 1 aromatic heterocycles. The highest BCUT2D eigenvalue weighted by Crippen LogP contribution is 2.41. The Bertz CT molecular complexity index is 799. The van der Waals surface area contributed by atoms with Gasteiger partial charge >= 0.3 is 0 Å². The number of aromatic nitrogens is 1. The van der Waals surface area contributed by atoms with Crippen LogP contribution >= 0.6 is 0 Å². The van der Waals surface area contributed by atoms with E-state index in [0.29, 0.717) is 23.0 Å². The zero-order valence-electron chi connectivity index (χ0n) is 13.8. The monoisotopic (exact) mass is 317 g/mol. The van der Waals surface area contributed by atoms with Crippen LogP contribution in [0, 0.1) is 0 Å². The quantitative estimate of drug-likeness (QED) is 0.724. The van der Waals surface area contributed by atoms with Crippen molar-refractivity contribution in [2.24, 2.45) is 0 Å². The third-order valence-electron chi connectivity index (χ3n) is 3.91. The molecule has 2 aromatic carbocycles. The maximum Gasteiger partial charge on any atom is 0.162 e. The van der Waals surface area contributed by atoms with Crippen LogP contribution in [0.5, 0.6) is 23.0 Å². The van der Waals surface area contributed by atoms with Crippen LogP contribution in [-0.2, 0) is 0 Å². The molecule has 0 aliphatic carbocycles. The van der Waals surface area contributed by atoms with E-state index in [-0.39, 0.29) is 0 Å². The third-order valence-corrected chi connectivity index (χ3v) is 3.91. The van der Waals surface area contributed by atoms with E-state index in [9.17, 15) is 0 Å². The van der Waals surface area contributed by atoms with Crippen molar-refractivity contribution in [2.45, 2.75) is 0 Å². The molecule has 0 saturated heterocycles. The van der Waals surface area contributed by atoms with Crippen molar-refractivity contribution < 1.29 is 23.8 Å². The lowest BCUT2D eigenvalue weighted by Crippen LogP contribution is -2.05. The van der Waals surface area contributed by atoms with Crippen LogP contribution in [0.2, 0.25) is 0 Å². The molecule has 3 rings (SSSR count). The normalized spacial score (nSPS) is 10.8. The highest BCUT2D eigenvalue weighted by Gasteiger charge is 2.18. The van der Waals surface area contributed by atoms with Crippen molar-refractivity contribution in [2.75, 3.05) is 35.5 Å². The van der Waals surface area contributed by atoms with Gasteiger partial charge < -0.3 is 23.8 Å². The zero-order valence-corrected chi connectivity index (χ0v) is 13.8. The van der Waals surface area contributed by atoms with Gasteiger partial charge in [-0.05, 0) is 12.1 Å². The van der Waals surface area contributed by atoms with Crippen molar-refractivity contribution >= 4 is 21.8 Å². The number of rotatable bonds is 5. The zero-order chi connectivity index (χ0) is 16.6. The summed E-state index contributed by atoms with van der Waals surface area (Å²) in [5.41, 5.74) is 1.74. The fraction of sp³-hybridized carbons (Fsp3) is 0.294. The Morgan fingerprint density at radius 1 is 0.565 bits per heavy atom. The summed E-state index contributed by atoms with van der Waals surface area (Å²) in [6.45, 7) is 0. The lowest BCUT2D eigenvalue weighted by Gasteiger charge is -2.09. The second-order valence-corrected chi connectivity index (χ2v) is 4.93. The SMILES string of the molecule is COc1cc2c3cc(OC)c(OC)cc3n(OC)c2cc1OC. The average molecular weight is 317 g/mol. The molecule has 0 saturated carbocycles. The van der Waals surface area contributed by atoms with Crippen LogP contribution in [0.25, 0.3) is 21.8 Å². The molecule has 23 heavy (non-hydrogen) atoms. The first kappa shape index (κ1) is 15.1. The number of hydrogen-bond acceptors (Lipinski definition) is 5. The average Bonchev–Trinajstić information content (AvgIpc) is 2.90. The van der Waals surface area contributed by atoms with Gasteiger partial charge in [0, 0.05) is 22.9 Å². The summed E-state index contributed by atoms with van der Waals surface area (Å²) < 4.78 is 23.3. The van der Waals surface area contributed by atoms with Gasteiger partial charge in [-0.25, -0.2) is 0 Å². The molecule has 0 N–H and O–H groups in total. The van der Waals surface area contributed by atoms with E-state index in [1.165, 1.54) is 0 Å². The number of nitrogens with zero attached hydrogens (tertiary/aromatic N) is 1. The Morgan fingerprint density at radius 3 is 1.22 bits per heavy atom. The van der Waals surface area contributed by atoms with E-state index in [2.05, 4.69) is 0 Å². The summed E-state index contributed by atoms with van der Waals surface area (Å²) in [5.74, 6) is 2.59. The molecule has 6 heteroatoms. The van der Waals surface area contributed by atoms with Gasteiger partial charge in [0.1, 0.15) is 7.11 Å². The van der Waals surface area contributed by atoms with E-state index < -0.39 is 0 Å². The first-order valence-electron chi connectivity index (χ1n) is 7.05. The van der Waals surface area contributed by atoms with Gasteiger partial charge in [0.25, 0.3) is 0 Å². The Morgan fingerprint density at radius 2 is 0.913 bits per heavy atom. The Kier molecular flexibility index (Phi) is 3.82. The van der Waals surface area contributed by atoms with Gasteiger partial charge in [-0.2, -0.15) is 4.73 Å². The molecule has 0 atom stereocenters. The lowest BCUT2D eigenvalue weighted by molar-refractivity contribution is 0.190. The van der Waals surface area contributed by atoms with E-state index >= 15 is 0 Å². The third kappa shape index (κ3) is 2.18. The van der Waals surface area contributed by atoms with Gasteiger partial charge in [-0.3, -0.25) is 0 Å². The standard InChI is InChI=1S/C17H19NO5/c1-19-14-6-10-11-7-15(20-2)17(22-4)9-13(11)18(23-5)12(10)8-16(14)21-3/h6-9H,1-5H3. The van der Waals surface area contributed by atoms with Crippen molar-refractivity contribution in [3.63, 3.8) is 0 Å². The van der Waals surface area contributed by atoms with Crippen LogP contribution in [0.4, 0.5) is 0 Å². The van der Waals surface area contributed by atoms with E-state index in [1.807, 2.05) is 24.3 Å². The van der Waals surface area contributed by atoms with E-state index in [0.717, 1.165) is 21.8 Å². The van der Waals surface area contributed by atoms with Gasteiger partial charge in [-0.15, -0.1) is 0 Å². The molecular weight excluding hydrogens is 298 g/mol. The minimum absolute atomic E-state index is 0.639. The van der Waals surface area contributed by atoms with Crippen molar-refractivity contribution in [3.8, 4) is 23.0 Å². The minimum atomic E-state index is 0.639. The molecule has 0 amide bonds. The maximum absolute atomic E-state index is 5.55. The van der Waals surface area contributed by atoms with Crippen molar-refractivity contribution in [3.05, 3.63) is 24.3 Å². The van der Waals surface area contributed by atoms with E-state index in [4.69, 9.17) is 23.8 Å². The Labute approximate surface area is 134 Å². The number of methoxy groups -OCH3 is 4. The number of ether oxygens (including phenoxy) is 4. The maximum atomic E-state index is 5.55. The minimum Gasteiger partial charge on any atom is -0.493 e. The smallest absolute Gasteiger partial charge is 0.162 e. The summed E-state index contributed by atoms with van der Waals surface area (Å²) in [6, 6.07) is 7.63. The number of benzene rings is 2. The highest BCUT2D eigenvalue weighted by atomic mass is 16.6. The lowest BCUT2D eigenvalue weighted by atomic mass is 10.1. The predicted molar refractivity (Wildman–Crippen MR) is 88.2 cm³/mol. The molecule has 122 valence electrons. The molecule has 1 heterocycles. The first-order chi connectivity index (χ1) is 11.2. The molecule has 0 fully saturated rings. The molecule has 0 aliphatic heterocycles. The summed E-state index contributed by atoms with van der Waals surface area (Å²) in [4.78, 5) is 5.55. The van der Waals surface area contributed by atoms with E-state index in [1.54, 1.807) is 40.3 Å². The predicted octanol–water partition coefficient (Wildman–Crippen LogP) is 2.89. The first-order valence-corrected chi connectivity index (χ1v) is 7.05. The largest absolute Gasteiger partial charge is 0.493 e. The second kappa shape index (κ2) is 5.79. The van der Waals surface area contributed by atoms with Crippen LogP contribution < -0.4 is 23.8 Å². The molecule has 0 radical (unpaired) electrons. The van der Waals surface area contributed by atoms with Crippen molar-refractivity contribution in [1.29, 1.82) is 0 Å². The molecule has 0 spiro atoms. The summed E-state index contributed by atoms with van der Waals surface area (Å²) in [5, 5.41) is 1.95. The van der Waals surface area contributed by atoms with Crippen LogP contribution in [-0.4, -0.2) is 40.3 Å². The molecule has 3 aromatic rings. The highest BCUT2D eigenvalue weighted by molar-refractivity contribution is 6.10. The van der Waals surface area contributed by atoms with Gasteiger partial charge in [-0.1, -0.05) is 0 Å². The molecular formula is C17H19NO5. The summed E-state index contributed by atoms with van der Waals surface area (Å²) >= 11 is 0. The number of hydrogen-bond donors (Lipinski definition) is 0. The fourth-order valence-electron chi connectivity index (χ4n) is 2.83. The summed E-state index contributed by atoms with van der Waals surface area (Å²) in [6.07, 6.45) is 0. The molecule has 0 unspecified atom stereocenters. The van der Waals surface area contributed by atoms with Gasteiger partial charge in [0.15, 0.2) is 23.0 Å². The molecule has 0 aliphatic rings. The van der Waals surface area contributed by atoms with Gasteiger partial charge in [0.2, 0.25) is 0 Å². The Hall–Kier alpha value is -2.76. The van der Waals surface area contributed by atoms with Crippen LogP contribution in [0.1, 0.15) is 0 Å². The van der Waals surface area contributed by atoms with Crippen LogP contribution in [0.3, 0.4) is 0 Å². The fourth-order valence-corrected chi connectivity index (χ4v) is 2.83. The molecule has 6 nitrogen and oxygen atoms in total. The molecule has 0 bridgehead atoms.